The third-order valence-corrected chi connectivity index (χ3v) is 3.55. The Morgan fingerprint density at radius 3 is 1.71 bits per heavy atom. The quantitative estimate of drug-likeness (QED) is 0.713. The fourth-order valence-electron chi connectivity index (χ4n) is 2.28. The molecule has 0 radical (unpaired) electrons. The minimum absolute atomic E-state index is 0.282. The van der Waals surface area contributed by atoms with E-state index in [1.54, 1.807) is 4.90 Å². The summed E-state index contributed by atoms with van der Waals surface area (Å²) in [5, 5.41) is 0. The molecule has 0 atom stereocenters. The fraction of sp³-hybridized carbons (Fsp3) is 0.211. The van der Waals surface area contributed by atoms with Gasteiger partial charge in [-0.2, -0.15) is 13.2 Å². The summed E-state index contributed by atoms with van der Waals surface area (Å²) < 4.78 is 37.5. The Morgan fingerprint density at radius 1 is 0.917 bits per heavy atom. The van der Waals surface area contributed by atoms with Crippen LogP contribution in [0.1, 0.15) is 18.1 Å². The number of hydrogen-bond acceptors (Lipinski definition) is 2. The van der Waals surface area contributed by atoms with Gasteiger partial charge in [-0.1, -0.05) is 60.7 Å². The smallest absolute Gasteiger partial charge is 0.366 e. The monoisotopic (exact) mass is 333 g/mol. The lowest BCUT2D eigenvalue weighted by Crippen LogP contribution is -2.25. The van der Waals surface area contributed by atoms with Crippen molar-refractivity contribution in [2.45, 2.75) is 26.2 Å². The lowest BCUT2D eigenvalue weighted by molar-refractivity contribution is -0.165. The summed E-state index contributed by atoms with van der Waals surface area (Å²) in [4.78, 5) is 13.0. The molecule has 24 heavy (non-hydrogen) atoms. The van der Waals surface area contributed by atoms with E-state index in [0.29, 0.717) is 19.2 Å². The van der Waals surface area contributed by atoms with Crippen LogP contribution >= 0.6 is 0 Å². The molecule has 0 saturated heterocycles. The topological polar surface area (TPSA) is 20.3 Å². The molecule has 2 nitrogen and oxygen atoms in total. The van der Waals surface area contributed by atoms with Crippen LogP contribution in [0.15, 0.2) is 72.4 Å². The second-order valence-corrected chi connectivity index (χ2v) is 5.47. The number of carbonyl (C=O) groups is 1. The van der Waals surface area contributed by atoms with Crippen molar-refractivity contribution in [1.29, 1.82) is 0 Å². The van der Waals surface area contributed by atoms with E-state index >= 15 is 0 Å². The molecular formula is C19H18F3NO. The first-order chi connectivity index (χ1) is 11.4. The van der Waals surface area contributed by atoms with Crippen LogP contribution in [-0.2, 0) is 17.9 Å². The van der Waals surface area contributed by atoms with Gasteiger partial charge in [0.15, 0.2) is 0 Å². The van der Waals surface area contributed by atoms with Gasteiger partial charge in [0.2, 0.25) is 0 Å². The van der Waals surface area contributed by atoms with Gasteiger partial charge in [-0.05, 0) is 18.1 Å². The Balaban J connectivity index is 2.24. The van der Waals surface area contributed by atoms with E-state index in [1.165, 1.54) is 6.92 Å². The molecule has 5 heteroatoms. The van der Waals surface area contributed by atoms with Crippen LogP contribution in [0.5, 0.6) is 0 Å². The standard InChI is InChI=1S/C19H18F3NO/c1-15(12-18(24)19(20,21)22)23(13-16-8-4-2-5-9-16)14-17-10-6-3-7-11-17/h2-12H,13-14H2,1H3. The summed E-state index contributed by atoms with van der Waals surface area (Å²) in [6, 6.07) is 18.8. The normalized spacial score (nSPS) is 12.1. The summed E-state index contributed by atoms with van der Waals surface area (Å²) >= 11 is 0. The van der Waals surface area contributed by atoms with Gasteiger partial charge in [0, 0.05) is 24.9 Å². The van der Waals surface area contributed by atoms with Crippen LogP contribution in [0.25, 0.3) is 0 Å². The largest absolute Gasteiger partial charge is 0.454 e. The highest BCUT2D eigenvalue weighted by Crippen LogP contribution is 2.20. The number of ketones is 1. The molecule has 0 spiro atoms. The Kier molecular flexibility index (Phi) is 5.79. The molecule has 0 aliphatic heterocycles. The maximum atomic E-state index is 12.5. The van der Waals surface area contributed by atoms with Gasteiger partial charge < -0.3 is 4.90 Å². The van der Waals surface area contributed by atoms with E-state index in [-0.39, 0.29) is 5.70 Å². The van der Waals surface area contributed by atoms with E-state index in [4.69, 9.17) is 0 Å². The van der Waals surface area contributed by atoms with Gasteiger partial charge in [-0.3, -0.25) is 4.79 Å². The molecule has 0 aliphatic carbocycles. The van der Waals surface area contributed by atoms with Crippen molar-refractivity contribution < 1.29 is 18.0 Å². The summed E-state index contributed by atoms with van der Waals surface area (Å²) in [6.45, 7) is 2.36. The van der Waals surface area contributed by atoms with E-state index in [9.17, 15) is 18.0 Å². The highest BCUT2D eigenvalue weighted by molar-refractivity contribution is 5.94. The molecule has 0 amide bonds. The maximum absolute atomic E-state index is 12.5. The van der Waals surface area contributed by atoms with Crippen molar-refractivity contribution in [1.82, 2.24) is 4.90 Å². The highest BCUT2D eigenvalue weighted by atomic mass is 19.4. The number of rotatable bonds is 6. The minimum Gasteiger partial charge on any atom is -0.366 e. The summed E-state index contributed by atoms with van der Waals surface area (Å²) in [5.41, 5.74) is 2.20. The van der Waals surface area contributed by atoms with Gasteiger partial charge >= 0.3 is 6.18 Å². The van der Waals surface area contributed by atoms with Crippen LogP contribution in [-0.4, -0.2) is 16.9 Å². The van der Waals surface area contributed by atoms with Gasteiger partial charge in [0.1, 0.15) is 0 Å². The Bertz CT molecular complexity index is 652. The van der Waals surface area contributed by atoms with Crippen LogP contribution < -0.4 is 0 Å². The first-order valence-corrected chi connectivity index (χ1v) is 7.48. The summed E-state index contributed by atoms with van der Waals surface area (Å²) in [6.07, 6.45) is -4.20. The molecule has 0 bridgehead atoms. The molecule has 0 saturated carbocycles. The fourth-order valence-corrected chi connectivity index (χ4v) is 2.28. The molecule has 0 fully saturated rings. The number of carbonyl (C=O) groups excluding carboxylic acids is 1. The summed E-state index contributed by atoms with van der Waals surface area (Å²) in [5.74, 6) is -1.84. The van der Waals surface area contributed by atoms with E-state index in [2.05, 4.69) is 0 Å². The van der Waals surface area contributed by atoms with Crippen molar-refractivity contribution >= 4 is 5.78 Å². The third kappa shape index (κ3) is 5.26. The van der Waals surface area contributed by atoms with E-state index in [1.807, 2.05) is 60.7 Å². The Morgan fingerprint density at radius 2 is 1.33 bits per heavy atom. The average molecular weight is 333 g/mol. The SMILES string of the molecule is CC(=CC(=O)C(F)(F)F)N(Cc1ccccc1)Cc1ccccc1. The number of allylic oxidation sites excluding steroid dienone is 2. The zero-order valence-electron chi connectivity index (χ0n) is 13.3. The first-order valence-electron chi connectivity index (χ1n) is 7.48. The van der Waals surface area contributed by atoms with Crippen LogP contribution in [0.3, 0.4) is 0 Å². The van der Waals surface area contributed by atoms with Gasteiger partial charge in [-0.15, -0.1) is 0 Å². The van der Waals surface area contributed by atoms with Crippen LogP contribution in [0.2, 0.25) is 0 Å². The molecule has 2 aromatic carbocycles. The predicted molar refractivity (Wildman–Crippen MR) is 87.0 cm³/mol. The zero-order chi connectivity index (χ0) is 17.6. The van der Waals surface area contributed by atoms with Crippen LogP contribution in [0.4, 0.5) is 13.2 Å². The molecule has 2 rings (SSSR count). The van der Waals surface area contributed by atoms with E-state index < -0.39 is 12.0 Å². The van der Waals surface area contributed by atoms with Gasteiger partial charge in [0.05, 0.1) is 0 Å². The van der Waals surface area contributed by atoms with E-state index in [0.717, 1.165) is 11.1 Å². The third-order valence-electron chi connectivity index (χ3n) is 3.55. The van der Waals surface area contributed by atoms with Crippen molar-refractivity contribution in [2.24, 2.45) is 0 Å². The lowest BCUT2D eigenvalue weighted by atomic mass is 10.1. The number of nitrogens with zero attached hydrogens (tertiary/aromatic N) is 1. The number of halogens is 3. The van der Waals surface area contributed by atoms with Gasteiger partial charge in [-0.25, -0.2) is 0 Å². The maximum Gasteiger partial charge on any atom is 0.454 e. The molecule has 0 aromatic heterocycles. The highest BCUT2D eigenvalue weighted by Gasteiger charge is 2.36. The lowest BCUT2D eigenvalue weighted by Gasteiger charge is -2.26. The van der Waals surface area contributed by atoms with Crippen molar-refractivity contribution in [3.8, 4) is 0 Å². The van der Waals surface area contributed by atoms with Crippen molar-refractivity contribution in [2.75, 3.05) is 0 Å². The second kappa shape index (κ2) is 7.81. The van der Waals surface area contributed by atoms with Crippen molar-refractivity contribution in [3.05, 3.63) is 83.6 Å². The molecule has 2 aromatic rings. The molecule has 0 aliphatic rings. The number of hydrogen-bond donors (Lipinski definition) is 0. The van der Waals surface area contributed by atoms with Gasteiger partial charge in [0.25, 0.3) is 5.78 Å². The molecule has 126 valence electrons. The van der Waals surface area contributed by atoms with Crippen LogP contribution in [0, 0.1) is 0 Å². The molecular weight excluding hydrogens is 315 g/mol. The molecule has 0 N–H and O–H groups in total. The average Bonchev–Trinajstić information content (AvgIpc) is 2.55. The predicted octanol–water partition coefficient (Wildman–Crippen LogP) is 4.72. The Hall–Kier alpha value is -2.56. The Labute approximate surface area is 139 Å². The van der Waals surface area contributed by atoms with Crippen molar-refractivity contribution in [3.63, 3.8) is 0 Å². The number of alkyl halides is 3. The zero-order valence-corrected chi connectivity index (χ0v) is 13.3. The molecule has 0 heterocycles. The number of benzene rings is 2. The summed E-state index contributed by atoms with van der Waals surface area (Å²) in [7, 11) is 0. The second-order valence-electron chi connectivity index (χ2n) is 5.47. The molecule has 0 unspecified atom stereocenters. The minimum atomic E-state index is -4.85. The first kappa shape index (κ1) is 17.8.